The van der Waals surface area contributed by atoms with E-state index < -0.39 is 13.0 Å². The van der Waals surface area contributed by atoms with E-state index in [0.29, 0.717) is 5.75 Å². The van der Waals surface area contributed by atoms with Crippen LogP contribution < -0.4 is 10.1 Å². The molecule has 0 aliphatic heterocycles. The molecule has 0 unspecified atom stereocenters. The summed E-state index contributed by atoms with van der Waals surface area (Å²) in [5.74, 6) is 0.491. The highest BCUT2D eigenvalue weighted by Gasteiger charge is 2.03. The van der Waals surface area contributed by atoms with Crippen molar-refractivity contribution in [3.05, 3.63) is 29.8 Å². The summed E-state index contributed by atoms with van der Waals surface area (Å²) in [5, 5.41) is 3.15. The van der Waals surface area contributed by atoms with Gasteiger partial charge in [-0.05, 0) is 24.2 Å². The van der Waals surface area contributed by atoms with Crippen LogP contribution in [-0.4, -0.2) is 19.6 Å². The van der Waals surface area contributed by atoms with Gasteiger partial charge in [0.15, 0.2) is 0 Å². The third-order valence-corrected chi connectivity index (χ3v) is 1.85. The van der Waals surface area contributed by atoms with Crippen LogP contribution in [0, 0.1) is 0 Å². The maximum Gasteiger partial charge on any atom is 0.272 e. The SMILES string of the molecule is CCNCc1cccc(OCC(F)F)c1. The van der Waals surface area contributed by atoms with Gasteiger partial charge in [0.1, 0.15) is 12.4 Å². The lowest BCUT2D eigenvalue weighted by Crippen LogP contribution is -2.12. The molecule has 0 heterocycles. The van der Waals surface area contributed by atoms with E-state index >= 15 is 0 Å². The maximum atomic E-state index is 11.9. The molecule has 0 atom stereocenters. The third-order valence-electron chi connectivity index (χ3n) is 1.85. The van der Waals surface area contributed by atoms with E-state index in [1.165, 1.54) is 0 Å². The minimum absolute atomic E-state index is 0.491. The normalized spacial score (nSPS) is 10.7. The molecule has 2 nitrogen and oxygen atoms in total. The minimum atomic E-state index is -2.43. The summed E-state index contributed by atoms with van der Waals surface area (Å²) in [6.45, 7) is 3.06. The van der Waals surface area contributed by atoms with Crippen LogP contribution >= 0.6 is 0 Å². The second-order valence-electron chi connectivity index (χ2n) is 3.13. The Morgan fingerprint density at radius 3 is 2.87 bits per heavy atom. The highest BCUT2D eigenvalue weighted by molar-refractivity contribution is 5.28. The van der Waals surface area contributed by atoms with Crippen molar-refractivity contribution in [2.75, 3.05) is 13.2 Å². The van der Waals surface area contributed by atoms with E-state index in [1.807, 2.05) is 13.0 Å². The van der Waals surface area contributed by atoms with Gasteiger partial charge in [-0.2, -0.15) is 0 Å². The molecule has 1 aromatic rings. The Hall–Kier alpha value is -1.16. The number of alkyl halides is 2. The van der Waals surface area contributed by atoms with Crippen molar-refractivity contribution in [2.24, 2.45) is 0 Å². The van der Waals surface area contributed by atoms with Crippen molar-refractivity contribution in [2.45, 2.75) is 19.9 Å². The maximum absolute atomic E-state index is 11.9. The summed E-state index contributed by atoms with van der Waals surface area (Å²) in [7, 11) is 0. The van der Waals surface area contributed by atoms with Crippen molar-refractivity contribution in [3.8, 4) is 5.75 Å². The average Bonchev–Trinajstić information content (AvgIpc) is 2.24. The molecular weight excluding hydrogens is 200 g/mol. The summed E-state index contributed by atoms with van der Waals surface area (Å²) in [5.41, 5.74) is 1.03. The molecule has 0 aliphatic carbocycles. The minimum Gasteiger partial charge on any atom is -0.488 e. The van der Waals surface area contributed by atoms with Gasteiger partial charge in [0.2, 0.25) is 0 Å². The lowest BCUT2D eigenvalue weighted by molar-refractivity contribution is 0.0818. The number of rotatable bonds is 6. The number of benzene rings is 1. The Balaban J connectivity index is 2.50. The van der Waals surface area contributed by atoms with Crippen LogP contribution in [0.5, 0.6) is 5.75 Å². The number of ether oxygens (including phenoxy) is 1. The number of halogens is 2. The second kappa shape index (κ2) is 6.35. The highest BCUT2D eigenvalue weighted by Crippen LogP contribution is 2.13. The standard InChI is InChI=1S/C11H15F2NO/c1-2-14-7-9-4-3-5-10(6-9)15-8-11(12)13/h3-6,11,14H,2,7-8H2,1H3. The average molecular weight is 215 g/mol. The van der Waals surface area contributed by atoms with E-state index in [2.05, 4.69) is 5.32 Å². The van der Waals surface area contributed by atoms with Gasteiger partial charge in [0.05, 0.1) is 0 Å². The van der Waals surface area contributed by atoms with Crippen molar-refractivity contribution >= 4 is 0 Å². The largest absolute Gasteiger partial charge is 0.488 e. The van der Waals surface area contributed by atoms with Crippen LogP contribution in [0.25, 0.3) is 0 Å². The molecule has 84 valence electrons. The molecule has 0 aliphatic rings. The van der Waals surface area contributed by atoms with Gasteiger partial charge in [0.25, 0.3) is 6.43 Å². The Morgan fingerprint density at radius 2 is 2.20 bits per heavy atom. The van der Waals surface area contributed by atoms with Crippen LogP contribution in [0.4, 0.5) is 8.78 Å². The fraction of sp³-hybridized carbons (Fsp3) is 0.455. The lowest BCUT2D eigenvalue weighted by atomic mass is 10.2. The number of hydrogen-bond acceptors (Lipinski definition) is 2. The zero-order chi connectivity index (χ0) is 11.1. The quantitative estimate of drug-likeness (QED) is 0.787. The highest BCUT2D eigenvalue weighted by atomic mass is 19.3. The topological polar surface area (TPSA) is 21.3 Å². The van der Waals surface area contributed by atoms with Crippen molar-refractivity contribution in [3.63, 3.8) is 0 Å². The molecule has 15 heavy (non-hydrogen) atoms. The first-order valence-electron chi connectivity index (χ1n) is 4.93. The Kier molecular flexibility index (Phi) is 5.04. The van der Waals surface area contributed by atoms with E-state index in [9.17, 15) is 8.78 Å². The summed E-state index contributed by atoms with van der Waals surface area (Å²) in [4.78, 5) is 0. The molecule has 1 rings (SSSR count). The van der Waals surface area contributed by atoms with Gasteiger partial charge >= 0.3 is 0 Å². The lowest BCUT2D eigenvalue weighted by Gasteiger charge is -2.07. The molecule has 4 heteroatoms. The molecule has 0 saturated carbocycles. The molecule has 0 bridgehead atoms. The fourth-order valence-electron chi connectivity index (χ4n) is 1.17. The van der Waals surface area contributed by atoms with Gasteiger partial charge in [-0.25, -0.2) is 8.78 Å². The predicted octanol–water partition coefficient (Wildman–Crippen LogP) is 2.44. The van der Waals surface area contributed by atoms with Gasteiger partial charge in [-0.3, -0.25) is 0 Å². The molecule has 0 spiro atoms. The van der Waals surface area contributed by atoms with Gasteiger partial charge in [-0.15, -0.1) is 0 Å². The van der Waals surface area contributed by atoms with Crippen molar-refractivity contribution in [1.29, 1.82) is 0 Å². The zero-order valence-corrected chi connectivity index (χ0v) is 8.67. The molecule has 1 N–H and O–H groups in total. The number of hydrogen-bond donors (Lipinski definition) is 1. The van der Waals surface area contributed by atoms with Crippen molar-refractivity contribution < 1.29 is 13.5 Å². The first kappa shape index (κ1) is 11.9. The second-order valence-corrected chi connectivity index (χ2v) is 3.13. The Bertz CT molecular complexity index is 292. The van der Waals surface area contributed by atoms with E-state index in [4.69, 9.17) is 4.74 Å². The molecule has 1 aromatic carbocycles. The molecule has 0 amide bonds. The van der Waals surface area contributed by atoms with E-state index in [-0.39, 0.29) is 0 Å². The molecule has 0 aromatic heterocycles. The zero-order valence-electron chi connectivity index (χ0n) is 8.67. The summed E-state index contributed by atoms with van der Waals surface area (Å²) < 4.78 is 28.7. The van der Waals surface area contributed by atoms with Crippen molar-refractivity contribution in [1.82, 2.24) is 5.32 Å². The molecular formula is C11H15F2NO. The van der Waals surface area contributed by atoms with Gasteiger partial charge in [-0.1, -0.05) is 19.1 Å². The van der Waals surface area contributed by atoms with Gasteiger partial charge in [0, 0.05) is 6.54 Å². The fourth-order valence-corrected chi connectivity index (χ4v) is 1.17. The predicted molar refractivity (Wildman–Crippen MR) is 55.3 cm³/mol. The Labute approximate surface area is 88.3 Å². The van der Waals surface area contributed by atoms with E-state index in [1.54, 1.807) is 18.2 Å². The first-order chi connectivity index (χ1) is 7.22. The van der Waals surface area contributed by atoms with Crippen LogP contribution in [0.1, 0.15) is 12.5 Å². The summed E-state index contributed by atoms with van der Waals surface area (Å²) >= 11 is 0. The van der Waals surface area contributed by atoms with E-state index in [0.717, 1.165) is 18.7 Å². The summed E-state index contributed by atoms with van der Waals surface area (Å²) in [6.07, 6.45) is -2.43. The van der Waals surface area contributed by atoms with Crippen LogP contribution in [0.15, 0.2) is 24.3 Å². The monoisotopic (exact) mass is 215 g/mol. The van der Waals surface area contributed by atoms with Crippen LogP contribution in [0.3, 0.4) is 0 Å². The third kappa shape index (κ3) is 4.74. The smallest absolute Gasteiger partial charge is 0.272 e. The van der Waals surface area contributed by atoms with Crippen LogP contribution in [0.2, 0.25) is 0 Å². The molecule has 0 saturated heterocycles. The van der Waals surface area contributed by atoms with Crippen LogP contribution in [-0.2, 0) is 6.54 Å². The first-order valence-corrected chi connectivity index (χ1v) is 4.93. The number of nitrogens with one attached hydrogen (secondary N) is 1. The molecule has 0 radical (unpaired) electrons. The Morgan fingerprint density at radius 1 is 1.40 bits per heavy atom. The molecule has 0 fully saturated rings. The summed E-state index contributed by atoms with van der Waals surface area (Å²) in [6, 6.07) is 7.17. The van der Waals surface area contributed by atoms with Gasteiger partial charge < -0.3 is 10.1 Å².